The van der Waals surface area contributed by atoms with Crippen molar-refractivity contribution in [1.29, 1.82) is 0 Å². The fourth-order valence-corrected chi connectivity index (χ4v) is 2.03. The van der Waals surface area contributed by atoms with Crippen molar-refractivity contribution >= 4 is 33.2 Å². The van der Waals surface area contributed by atoms with Crippen molar-refractivity contribution in [1.82, 2.24) is 4.98 Å². The zero-order chi connectivity index (χ0) is 12.4. The van der Waals surface area contributed by atoms with Gasteiger partial charge in [0.05, 0.1) is 16.4 Å². The molecule has 0 aliphatic heterocycles. The Balaban J connectivity index is 2.28. The van der Waals surface area contributed by atoms with E-state index in [9.17, 15) is 0 Å². The van der Waals surface area contributed by atoms with Gasteiger partial charge >= 0.3 is 0 Å². The zero-order valence-electron chi connectivity index (χ0n) is 9.08. The standard InChI is InChI=1S/C12H10BrClN2O/c1-7-4-12(16-6-10(7)15)17-11-3-2-8(14)5-9(11)13/h2-6H,15H2,1H3. The van der Waals surface area contributed by atoms with E-state index in [4.69, 9.17) is 22.1 Å². The lowest BCUT2D eigenvalue weighted by Gasteiger charge is -2.08. The Morgan fingerprint density at radius 3 is 2.76 bits per heavy atom. The maximum Gasteiger partial charge on any atom is 0.219 e. The summed E-state index contributed by atoms with van der Waals surface area (Å²) in [7, 11) is 0. The second kappa shape index (κ2) is 4.94. The van der Waals surface area contributed by atoms with Crippen LogP contribution in [0.2, 0.25) is 5.02 Å². The summed E-state index contributed by atoms with van der Waals surface area (Å²) >= 11 is 9.22. The van der Waals surface area contributed by atoms with Crippen molar-refractivity contribution in [2.24, 2.45) is 0 Å². The number of aryl methyl sites for hydroxylation is 1. The number of anilines is 1. The number of hydrogen-bond acceptors (Lipinski definition) is 3. The van der Waals surface area contributed by atoms with Gasteiger partial charge in [-0.15, -0.1) is 0 Å². The van der Waals surface area contributed by atoms with Crippen molar-refractivity contribution in [2.75, 3.05) is 5.73 Å². The average molecular weight is 314 g/mol. The maximum absolute atomic E-state index is 5.85. The summed E-state index contributed by atoms with van der Waals surface area (Å²) < 4.78 is 6.41. The van der Waals surface area contributed by atoms with Crippen molar-refractivity contribution in [3.8, 4) is 11.6 Å². The van der Waals surface area contributed by atoms with Crippen LogP contribution in [0.25, 0.3) is 0 Å². The van der Waals surface area contributed by atoms with Gasteiger partial charge in [0.2, 0.25) is 5.88 Å². The van der Waals surface area contributed by atoms with Gasteiger partial charge in [0.25, 0.3) is 0 Å². The summed E-state index contributed by atoms with van der Waals surface area (Å²) in [6, 6.07) is 7.09. The van der Waals surface area contributed by atoms with Crippen LogP contribution in [0.3, 0.4) is 0 Å². The third kappa shape index (κ3) is 2.90. The predicted molar refractivity (Wildman–Crippen MR) is 72.6 cm³/mol. The molecule has 0 radical (unpaired) electrons. The molecule has 0 aliphatic carbocycles. The topological polar surface area (TPSA) is 48.1 Å². The van der Waals surface area contributed by atoms with Crippen molar-refractivity contribution < 1.29 is 4.74 Å². The van der Waals surface area contributed by atoms with Crippen LogP contribution < -0.4 is 10.5 Å². The lowest BCUT2D eigenvalue weighted by atomic mass is 10.2. The van der Waals surface area contributed by atoms with E-state index >= 15 is 0 Å². The van der Waals surface area contributed by atoms with Gasteiger partial charge in [-0.3, -0.25) is 0 Å². The molecule has 2 rings (SSSR count). The van der Waals surface area contributed by atoms with E-state index in [1.54, 1.807) is 30.5 Å². The maximum atomic E-state index is 5.85. The van der Waals surface area contributed by atoms with Crippen molar-refractivity contribution in [3.05, 3.63) is 45.5 Å². The van der Waals surface area contributed by atoms with Crippen LogP contribution in [-0.4, -0.2) is 4.98 Å². The smallest absolute Gasteiger partial charge is 0.219 e. The number of nitrogen functional groups attached to an aromatic ring is 1. The Labute approximate surface area is 113 Å². The van der Waals surface area contributed by atoms with Gasteiger partial charge in [-0.05, 0) is 46.6 Å². The molecule has 0 fully saturated rings. The van der Waals surface area contributed by atoms with Crippen LogP contribution in [0.1, 0.15) is 5.56 Å². The Morgan fingerprint density at radius 1 is 1.35 bits per heavy atom. The number of pyridine rings is 1. The number of nitrogens with two attached hydrogens (primary N) is 1. The lowest BCUT2D eigenvalue weighted by molar-refractivity contribution is 0.460. The second-order valence-electron chi connectivity index (χ2n) is 3.56. The molecule has 0 spiro atoms. The molecule has 88 valence electrons. The van der Waals surface area contributed by atoms with E-state index in [-0.39, 0.29) is 0 Å². The third-order valence-corrected chi connectivity index (χ3v) is 3.09. The molecule has 0 amide bonds. The summed E-state index contributed by atoms with van der Waals surface area (Å²) in [4.78, 5) is 4.10. The molecule has 1 aromatic carbocycles. The second-order valence-corrected chi connectivity index (χ2v) is 4.85. The van der Waals surface area contributed by atoms with E-state index in [0.29, 0.717) is 22.3 Å². The van der Waals surface area contributed by atoms with Gasteiger partial charge in [0.1, 0.15) is 5.75 Å². The van der Waals surface area contributed by atoms with Crippen LogP contribution >= 0.6 is 27.5 Å². The summed E-state index contributed by atoms with van der Waals surface area (Å²) in [5.74, 6) is 1.16. The first kappa shape index (κ1) is 12.2. The highest BCUT2D eigenvalue weighted by atomic mass is 79.9. The predicted octanol–water partition coefficient (Wildman–Crippen LogP) is 4.18. The molecule has 0 atom stereocenters. The number of ether oxygens (including phenoxy) is 1. The molecule has 3 nitrogen and oxygen atoms in total. The molecule has 0 saturated carbocycles. The van der Waals surface area contributed by atoms with Crippen molar-refractivity contribution in [3.63, 3.8) is 0 Å². The van der Waals surface area contributed by atoms with Gasteiger partial charge in [0.15, 0.2) is 0 Å². The first-order valence-electron chi connectivity index (χ1n) is 4.91. The molecule has 2 N–H and O–H groups in total. The Morgan fingerprint density at radius 2 is 2.12 bits per heavy atom. The first-order valence-corrected chi connectivity index (χ1v) is 6.08. The quantitative estimate of drug-likeness (QED) is 0.904. The zero-order valence-corrected chi connectivity index (χ0v) is 11.4. The average Bonchev–Trinajstić information content (AvgIpc) is 2.27. The number of rotatable bonds is 2. The van der Waals surface area contributed by atoms with E-state index < -0.39 is 0 Å². The third-order valence-electron chi connectivity index (χ3n) is 2.23. The minimum atomic E-state index is 0.500. The van der Waals surface area contributed by atoms with E-state index in [1.165, 1.54) is 0 Å². The summed E-state index contributed by atoms with van der Waals surface area (Å²) in [5, 5.41) is 0.644. The molecule has 5 heteroatoms. The fraction of sp³-hybridized carbons (Fsp3) is 0.0833. The number of benzene rings is 1. The van der Waals surface area contributed by atoms with Gasteiger partial charge in [-0.2, -0.15) is 0 Å². The number of aromatic nitrogens is 1. The lowest BCUT2D eigenvalue weighted by Crippen LogP contribution is -1.94. The molecule has 2 aromatic rings. The molecular formula is C12H10BrClN2O. The van der Waals surface area contributed by atoms with Gasteiger partial charge in [-0.25, -0.2) is 4.98 Å². The highest BCUT2D eigenvalue weighted by Crippen LogP contribution is 2.31. The number of nitrogens with zero attached hydrogens (tertiary/aromatic N) is 1. The summed E-state index contributed by atoms with van der Waals surface area (Å²) in [5.41, 5.74) is 7.26. The summed E-state index contributed by atoms with van der Waals surface area (Å²) in [6.07, 6.45) is 1.58. The van der Waals surface area contributed by atoms with E-state index in [2.05, 4.69) is 20.9 Å². The molecule has 1 heterocycles. The minimum Gasteiger partial charge on any atom is -0.438 e. The number of hydrogen-bond donors (Lipinski definition) is 1. The monoisotopic (exact) mass is 312 g/mol. The first-order chi connectivity index (χ1) is 8.06. The highest BCUT2D eigenvalue weighted by molar-refractivity contribution is 9.10. The van der Waals surface area contributed by atoms with Crippen LogP contribution in [0.4, 0.5) is 5.69 Å². The van der Waals surface area contributed by atoms with Crippen molar-refractivity contribution in [2.45, 2.75) is 6.92 Å². The molecule has 0 saturated heterocycles. The van der Waals surface area contributed by atoms with Gasteiger partial charge < -0.3 is 10.5 Å². The molecule has 0 bridgehead atoms. The van der Waals surface area contributed by atoms with E-state index in [1.807, 2.05) is 6.92 Å². The SMILES string of the molecule is Cc1cc(Oc2ccc(Cl)cc2Br)ncc1N. The number of halogens is 2. The molecule has 17 heavy (non-hydrogen) atoms. The Kier molecular flexibility index (Phi) is 3.54. The fourth-order valence-electron chi connectivity index (χ4n) is 1.27. The van der Waals surface area contributed by atoms with E-state index in [0.717, 1.165) is 10.0 Å². The normalized spacial score (nSPS) is 10.3. The van der Waals surface area contributed by atoms with Crippen LogP contribution in [0.15, 0.2) is 34.9 Å². The van der Waals surface area contributed by atoms with Gasteiger partial charge in [0, 0.05) is 11.1 Å². The molecular weight excluding hydrogens is 304 g/mol. The highest BCUT2D eigenvalue weighted by Gasteiger charge is 2.05. The molecule has 0 unspecified atom stereocenters. The Hall–Kier alpha value is -1.26. The van der Waals surface area contributed by atoms with Crippen LogP contribution in [-0.2, 0) is 0 Å². The van der Waals surface area contributed by atoms with Crippen LogP contribution in [0, 0.1) is 6.92 Å². The summed E-state index contributed by atoms with van der Waals surface area (Å²) in [6.45, 7) is 1.90. The molecule has 1 aromatic heterocycles. The van der Waals surface area contributed by atoms with Gasteiger partial charge in [-0.1, -0.05) is 11.6 Å². The largest absolute Gasteiger partial charge is 0.438 e. The molecule has 0 aliphatic rings. The Bertz CT molecular complexity index is 560. The minimum absolute atomic E-state index is 0.500. The van der Waals surface area contributed by atoms with Crippen LogP contribution in [0.5, 0.6) is 11.6 Å².